The summed E-state index contributed by atoms with van der Waals surface area (Å²) < 4.78 is 21.6. The number of aliphatic hydroxyl groups is 1. The van der Waals surface area contributed by atoms with Gasteiger partial charge >= 0.3 is 21.2 Å². The summed E-state index contributed by atoms with van der Waals surface area (Å²) in [6.07, 6.45) is -2.64. The van der Waals surface area contributed by atoms with E-state index >= 15 is 0 Å². The van der Waals surface area contributed by atoms with Crippen LogP contribution in [-0.2, 0) is 13.9 Å². The molecule has 0 saturated heterocycles. The van der Waals surface area contributed by atoms with E-state index in [1.54, 1.807) is 0 Å². The number of carbonyl (C=O) groups is 1. The zero-order chi connectivity index (χ0) is 14.6. The molecule has 0 aliphatic rings. The van der Waals surface area contributed by atoms with Gasteiger partial charge in [-0.05, 0) is 6.42 Å². The Morgan fingerprint density at radius 1 is 1.06 bits per heavy atom. The van der Waals surface area contributed by atoms with Crippen LogP contribution in [0.4, 0.5) is 0 Å². The fourth-order valence-corrected chi connectivity index (χ4v) is 3.00. The third-order valence-electron chi connectivity index (χ3n) is 1.86. The largest absolute Gasteiger partial charge is 0.480 e. The number of carboxylic acids is 1. The first kappa shape index (κ1) is 17.7. The van der Waals surface area contributed by atoms with Gasteiger partial charge in [-0.15, -0.1) is 0 Å². The molecule has 0 unspecified atom stereocenters. The Morgan fingerprint density at radius 3 is 1.67 bits per heavy atom. The van der Waals surface area contributed by atoms with E-state index in [4.69, 9.17) is 29.8 Å². The number of aliphatic carboxylic acids is 1. The predicted molar refractivity (Wildman–Crippen MR) is 58.8 cm³/mol. The van der Waals surface area contributed by atoms with E-state index in [1.165, 1.54) is 0 Å². The van der Waals surface area contributed by atoms with Crippen LogP contribution < -0.4 is 0 Å². The molecule has 1 atom stereocenters. The van der Waals surface area contributed by atoms with Crippen LogP contribution in [0, 0.1) is 0 Å². The van der Waals surface area contributed by atoms with Crippen molar-refractivity contribution in [2.24, 2.45) is 0 Å². The van der Waals surface area contributed by atoms with Gasteiger partial charge in [-0.1, -0.05) is 0 Å². The zero-order valence-electron chi connectivity index (χ0n) is 9.16. The van der Waals surface area contributed by atoms with Crippen molar-refractivity contribution in [2.75, 3.05) is 19.2 Å². The van der Waals surface area contributed by atoms with Gasteiger partial charge in [0.1, 0.15) is 18.6 Å². The van der Waals surface area contributed by atoms with Gasteiger partial charge < -0.3 is 29.8 Å². The van der Waals surface area contributed by atoms with Crippen molar-refractivity contribution < 1.29 is 43.7 Å². The number of hydrogen-bond acceptors (Lipinski definition) is 5. The lowest BCUT2D eigenvalue weighted by Crippen LogP contribution is -2.42. The van der Waals surface area contributed by atoms with Gasteiger partial charge in [-0.3, -0.25) is 18.8 Å². The molecule has 12 heteroatoms. The van der Waals surface area contributed by atoms with E-state index in [2.05, 4.69) is 0 Å². The van der Waals surface area contributed by atoms with Crippen molar-refractivity contribution in [1.29, 1.82) is 0 Å². The smallest absolute Gasteiger partial charge is 0.339 e. The van der Waals surface area contributed by atoms with Gasteiger partial charge in [0, 0.05) is 6.61 Å². The Morgan fingerprint density at radius 2 is 1.44 bits per heavy atom. The number of nitrogens with zero attached hydrogens (tertiary/aromatic N) is 1. The van der Waals surface area contributed by atoms with Crippen LogP contribution in [0.3, 0.4) is 0 Å². The average molecular weight is 307 g/mol. The molecule has 18 heavy (non-hydrogen) atoms. The third kappa shape index (κ3) is 7.91. The van der Waals surface area contributed by atoms with Gasteiger partial charge in [0.2, 0.25) is 0 Å². The minimum atomic E-state index is -4.69. The number of aliphatic hydroxyl groups excluding tert-OH is 1. The normalized spacial score (nSPS) is 14.8. The Bertz CT molecular complexity index is 349. The highest BCUT2D eigenvalue weighted by Crippen LogP contribution is 2.41. The highest BCUT2D eigenvalue weighted by molar-refractivity contribution is 7.52. The van der Waals surface area contributed by atoms with E-state index in [0.29, 0.717) is 4.90 Å². The van der Waals surface area contributed by atoms with Crippen LogP contribution in [0.25, 0.3) is 0 Å². The SMILES string of the molecule is O=C(O)[C@H](CCO)N(CP(=O)(O)O)CP(=O)(O)O. The molecule has 0 aliphatic heterocycles. The molecule has 108 valence electrons. The molecule has 0 spiro atoms. The molecule has 0 saturated carbocycles. The zero-order valence-corrected chi connectivity index (χ0v) is 10.9. The Labute approximate surface area is 102 Å². The van der Waals surface area contributed by atoms with Gasteiger partial charge in [-0.2, -0.15) is 0 Å². The first-order chi connectivity index (χ1) is 7.96. The fourth-order valence-electron chi connectivity index (χ4n) is 1.30. The molecule has 6 N–H and O–H groups in total. The molecule has 0 aromatic carbocycles. The first-order valence-corrected chi connectivity index (χ1v) is 8.22. The molecule has 0 bridgehead atoms. The summed E-state index contributed by atoms with van der Waals surface area (Å²) in [5.74, 6) is -1.54. The quantitative estimate of drug-likeness (QED) is 0.286. The predicted octanol–water partition coefficient (Wildman–Crippen LogP) is -1.61. The third-order valence-corrected chi connectivity index (χ3v) is 3.32. The molecule has 0 aliphatic carbocycles. The second-order valence-electron chi connectivity index (χ2n) is 3.57. The second kappa shape index (κ2) is 6.74. The van der Waals surface area contributed by atoms with Crippen molar-refractivity contribution in [2.45, 2.75) is 12.5 Å². The van der Waals surface area contributed by atoms with Gasteiger partial charge in [0.15, 0.2) is 0 Å². The maximum atomic E-state index is 10.8. The Kier molecular flexibility index (Phi) is 6.62. The van der Waals surface area contributed by atoms with Crippen molar-refractivity contribution >= 4 is 21.2 Å². The molecule has 0 heterocycles. The van der Waals surface area contributed by atoms with E-state index in [1.807, 2.05) is 0 Å². The Hall–Kier alpha value is -0.310. The molecule has 10 nitrogen and oxygen atoms in total. The van der Waals surface area contributed by atoms with Crippen molar-refractivity contribution in [3.63, 3.8) is 0 Å². The highest BCUT2D eigenvalue weighted by Gasteiger charge is 2.34. The molecular weight excluding hydrogens is 292 g/mol. The van der Waals surface area contributed by atoms with Gasteiger partial charge in [0.25, 0.3) is 0 Å². The van der Waals surface area contributed by atoms with Crippen LogP contribution in [0.5, 0.6) is 0 Å². The van der Waals surface area contributed by atoms with Crippen LogP contribution in [0.2, 0.25) is 0 Å². The van der Waals surface area contributed by atoms with Crippen molar-refractivity contribution in [3.8, 4) is 0 Å². The summed E-state index contributed by atoms with van der Waals surface area (Å²) in [5.41, 5.74) is 0. The topological polar surface area (TPSA) is 176 Å². The van der Waals surface area contributed by atoms with Crippen LogP contribution in [0.15, 0.2) is 0 Å². The number of hydrogen-bond donors (Lipinski definition) is 6. The summed E-state index contributed by atoms with van der Waals surface area (Å²) in [4.78, 5) is 46.3. The fraction of sp³-hybridized carbons (Fsp3) is 0.833. The monoisotopic (exact) mass is 307 g/mol. The first-order valence-electron chi connectivity index (χ1n) is 4.63. The van der Waals surface area contributed by atoms with Gasteiger partial charge in [-0.25, -0.2) is 0 Å². The molecule has 0 fully saturated rings. The van der Waals surface area contributed by atoms with Crippen molar-refractivity contribution in [1.82, 2.24) is 4.90 Å². The summed E-state index contributed by atoms with van der Waals surface area (Å²) >= 11 is 0. The lowest BCUT2D eigenvalue weighted by atomic mass is 10.2. The van der Waals surface area contributed by atoms with Crippen molar-refractivity contribution in [3.05, 3.63) is 0 Å². The lowest BCUT2D eigenvalue weighted by Gasteiger charge is -2.28. The summed E-state index contributed by atoms with van der Waals surface area (Å²) in [6, 6.07) is -1.59. The minimum absolute atomic E-state index is 0.407. The molecular formula is C6H15NO9P2. The number of rotatable bonds is 8. The van der Waals surface area contributed by atoms with Crippen LogP contribution >= 0.6 is 15.2 Å². The number of carboxylic acid groups (broad SMARTS) is 1. The molecule has 0 rings (SSSR count). The van der Waals surface area contributed by atoms with E-state index in [-0.39, 0.29) is 0 Å². The standard InChI is InChI=1S/C6H15NO9P2/c8-2-1-5(6(9)10)7(3-17(11,12)13)4-18(14,15)16/h5,8H,1-4H2,(H,9,10)(H2,11,12,13)(H2,14,15,16)/t5-/m0/s1. The highest BCUT2D eigenvalue weighted by atomic mass is 31.2. The Balaban J connectivity index is 5.09. The molecule has 0 amide bonds. The minimum Gasteiger partial charge on any atom is -0.480 e. The maximum absolute atomic E-state index is 10.8. The molecule has 0 aromatic rings. The van der Waals surface area contributed by atoms with Crippen LogP contribution in [0.1, 0.15) is 6.42 Å². The molecule has 0 radical (unpaired) electrons. The maximum Gasteiger partial charge on any atom is 0.339 e. The molecule has 0 aromatic heterocycles. The lowest BCUT2D eigenvalue weighted by molar-refractivity contribution is -0.143. The summed E-state index contributed by atoms with van der Waals surface area (Å²) in [6.45, 7) is -0.601. The second-order valence-corrected chi connectivity index (χ2v) is 6.79. The summed E-state index contributed by atoms with van der Waals surface area (Å²) in [7, 11) is -9.38. The average Bonchev–Trinajstić information content (AvgIpc) is 2.07. The van der Waals surface area contributed by atoms with E-state index in [9.17, 15) is 13.9 Å². The summed E-state index contributed by atoms with van der Waals surface area (Å²) in [5, 5.41) is 17.5. The van der Waals surface area contributed by atoms with E-state index in [0.717, 1.165) is 0 Å². The van der Waals surface area contributed by atoms with Crippen LogP contribution in [-0.4, -0.2) is 65.9 Å². The van der Waals surface area contributed by atoms with Gasteiger partial charge in [0.05, 0.1) is 0 Å². The van der Waals surface area contributed by atoms with E-state index < -0.39 is 52.8 Å².